The summed E-state index contributed by atoms with van der Waals surface area (Å²) in [5, 5.41) is 11.8. The number of carbonyl (C=O) groups excluding carboxylic acids is 2. The molecule has 0 radical (unpaired) electrons. The zero-order chi connectivity index (χ0) is 26.3. The van der Waals surface area contributed by atoms with E-state index in [0.717, 1.165) is 24.7 Å². The summed E-state index contributed by atoms with van der Waals surface area (Å²) in [6, 6.07) is 11.5. The highest BCUT2D eigenvalue weighted by Gasteiger charge is 2.32. The minimum absolute atomic E-state index is 0.108. The number of fused-ring (bicyclic) bond motifs is 1. The number of nitro groups is 1. The number of benzene rings is 2. The average molecular weight is 516 g/mol. The maximum Gasteiger partial charge on any atom is 0.373 e. The van der Waals surface area contributed by atoms with Crippen molar-refractivity contribution in [2.45, 2.75) is 45.4 Å². The van der Waals surface area contributed by atoms with Crippen LogP contribution >= 0.6 is 0 Å². The second-order valence-electron chi connectivity index (χ2n) is 8.93. The van der Waals surface area contributed by atoms with Crippen molar-refractivity contribution in [3.63, 3.8) is 0 Å². The van der Waals surface area contributed by atoms with Gasteiger partial charge in [0.1, 0.15) is 13.2 Å². The molecule has 2 aliphatic carbocycles. The van der Waals surface area contributed by atoms with Gasteiger partial charge in [-0.15, -0.1) is 0 Å². The van der Waals surface area contributed by atoms with Crippen LogP contribution in [0.1, 0.15) is 54.4 Å². The molecule has 36 heavy (non-hydrogen) atoms. The van der Waals surface area contributed by atoms with Gasteiger partial charge >= 0.3 is 11.8 Å². The van der Waals surface area contributed by atoms with E-state index in [1.54, 1.807) is 6.07 Å². The molecule has 0 saturated heterocycles. The predicted molar refractivity (Wildman–Crippen MR) is 133 cm³/mol. The van der Waals surface area contributed by atoms with Crippen LogP contribution in [-0.4, -0.2) is 39.0 Å². The lowest BCUT2D eigenvalue weighted by Crippen LogP contribution is -2.13. The van der Waals surface area contributed by atoms with Crippen molar-refractivity contribution >= 4 is 33.1 Å². The maximum absolute atomic E-state index is 11.8. The molecule has 9 nitrogen and oxygen atoms in total. The molecule has 2 aromatic carbocycles. The third kappa shape index (κ3) is 6.66. The predicted octanol–water partition coefficient (Wildman–Crippen LogP) is 4.72. The van der Waals surface area contributed by atoms with Gasteiger partial charge in [-0.05, 0) is 54.4 Å². The van der Waals surface area contributed by atoms with Gasteiger partial charge < -0.3 is 4.74 Å². The van der Waals surface area contributed by atoms with Gasteiger partial charge in [-0.2, -0.15) is 18.0 Å². The number of allylic oxidation sites excluding steroid dienone is 2. The second-order valence-corrected chi connectivity index (χ2v) is 10.6. The van der Waals surface area contributed by atoms with Crippen molar-refractivity contribution in [3.8, 4) is 5.75 Å². The van der Waals surface area contributed by atoms with E-state index in [0.29, 0.717) is 17.9 Å². The van der Waals surface area contributed by atoms with Crippen molar-refractivity contribution in [2.24, 2.45) is 5.92 Å². The zero-order valence-corrected chi connectivity index (χ0v) is 21.1. The van der Waals surface area contributed by atoms with E-state index in [9.17, 15) is 18.5 Å². The largest absolute Gasteiger partial charge is 0.484 e. The Balaban J connectivity index is 0.00000115. The van der Waals surface area contributed by atoms with Gasteiger partial charge in [-0.25, -0.2) is 0 Å². The van der Waals surface area contributed by atoms with Crippen LogP contribution in [0.4, 0.5) is 5.69 Å². The summed E-state index contributed by atoms with van der Waals surface area (Å²) >= 11 is 0. The van der Waals surface area contributed by atoms with Crippen molar-refractivity contribution in [2.75, 3.05) is 19.5 Å². The molecule has 0 bridgehead atoms. The number of para-hydroxylation sites is 1. The average Bonchev–Trinajstić information content (AvgIpc) is 3.20. The van der Waals surface area contributed by atoms with Crippen molar-refractivity contribution in [1.29, 1.82) is 0 Å². The molecule has 0 N–H and O–H groups in total. The molecule has 0 aliphatic heterocycles. The first-order chi connectivity index (χ1) is 17.2. The van der Waals surface area contributed by atoms with Gasteiger partial charge in [0.25, 0.3) is 10.1 Å². The fraction of sp³-hybridized carbons (Fsp3) is 0.423. The Morgan fingerprint density at radius 3 is 2.39 bits per heavy atom. The Morgan fingerprint density at radius 2 is 1.75 bits per heavy atom. The van der Waals surface area contributed by atoms with E-state index in [1.165, 1.54) is 47.6 Å². The van der Waals surface area contributed by atoms with Crippen LogP contribution in [-0.2, 0) is 30.3 Å². The molecule has 192 valence electrons. The van der Waals surface area contributed by atoms with Crippen molar-refractivity contribution in [1.82, 2.24) is 0 Å². The molecule has 0 unspecified atom stereocenters. The van der Waals surface area contributed by atoms with E-state index in [-0.39, 0.29) is 30.8 Å². The molecule has 10 heteroatoms. The SMILES string of the molecule is Cc1ccc2c(c1)CC(c1cccc([N+](=O)[O-])c1OCCOS(C)(=O)=O)=C2C1CCCCC1.O=C=O. The number of aryl methyl sites for hydroxylation is 1. The number of ether oxygens (including phenoxy) is 1. The third-order valence-corrected chi connectivity index (χ3v) is 6.99. The topological polar surface area (TPSA) is 130 Å². The van der Waals surface area contributed by atoms with Gasteiger partial charge in [0.05, 0.1) is 11.2 Å². The van der Waals surface area contributed by atoms with Crippen molar-refractivity contribution in [3.05, 3.63) is 68.8 Å². The minimum Gasteiger partial charge on any atom is -0.484 e. The van der Waals surface area contributed by atoms with E-state index in [2.05, 4.69) is 25.1 Å². The Morgan fingerprint density at radius 1 is 1.06 bits per heavy atom. The fourth-order valence-corrected chi connectivity index (χ4v) is 5.44. The molecule has 4 rings (SSSR count). The number of nitrogens with zero attached hydrogens (tertiary/aromatic N) is 1. The van der Waals surface area contributed by atoms with Gasteiger partial charge in [0, 0.05) is 11.6 Å². The Labute approximate surface area is 210 Å². The van der Waals surface area contributed by atoms with Crippen LogP contribution in [0.3, 0.4) is 0 Å². The van der Waals surface area contributed by atoms with E-state index in [4.69, 9.17) is 18.5 Å². The van der Waals surface area contributed by atoms with Crippen LogP contribution in [0, 0.1) is 23.0 Å². The van der Waals surface area contributed by atoms with Crippen LogP contribution in [0.25, 0.3) is 11.1 Å². The number of nitro benzene ring substituents is 1. The molecule has 2 aromatic rings. The molecule has 0 atom stereocenters. The summed E-state index contributed by atoms with van der Waals surface area (Å²) < 4.78 is 33.1. The summed E-state index contributed by atoms with van der Waals surface area (Å²) in [6.07, 6.45) is 7.74. The maximum atomic E-state index is 11.8. The first-order valence-corrected chi connectivity index (χ1v) is 13.5. The Hall–Kier alpha value is -3.33. The van der Waals surface area contributed by atoms with E-state index >= 15 is 0 Å². The van der Waals surface area contributed by atoms with Gasteiger partial charge in [0.15, 0.2) is 0 Å². The monoisotopic (exact) mass is 515 g/mol. The highest BCUT2D eigenvalue weighted by molar-refractivity contribution is 7.85. The van der Waals surface area contributed by atoms with E-state index < -0.39 is 15.0 Å². The molecule has 0 amide bonds. The normalized spacial score (nSPS) is 15.5. The Bertz CT molecular complexity index is 1290. The lowest BCUT2D eigenvalue weighted by atomic mass is 9.79. The molecule has 2 aliphatic rings. The summed E-state index contributed by atoms with van der Waals surface area (Å²) in [4.78, 5) is 27.6. The number of hydrogen-bond donors (Lipinski definition) is 0. The summed E-state index contributed by atoms with van der Waals surface area (Å²) in [7, 11) is -3.62. The highest BCUT2D eigenvalue weighted by atomic mass is 32.2. The molecule has 0 heterocycles. The van der Waals surface area contributed by atoms with Crippen LogP contribution in [0.2, 0.25) is 0 Å². The van der Waals surface area contributed by atoms with Crippen LogP contribution in [0.15, 0.2) is 36.4 Å². The lowest BCUT2D eigenvalue weighted by Gasteiger charge is -2.25. The number of hydrogen-bond acceptors (Lipinski definition) is 8. The molecular weight excluding hydrogens is 486 g/mol. The quantitative estimate of drug-likeness (QED) is 0.214. The number of rotatable bonds is 8. The Kier molecular flexibility index (Phi) is 9.14. The fourth-order valence-electron chi connectivity index (χ4n) is 5.06. The molecule has 0 spiro atoms. The molecular formula is C26H29NO8S. The second kappa shape index (κ2) is 12.1. The summed E-state index contributed by atoms with van der Waals surface area (Å²) in [6.45, 7) is 1.75. The van der Waals surface area contributed by atoms with Crippen molar-refractivity contribution < 1.29 is 31.9 Å². The van der Waals surface area contributed by atoms with Gasteiger partial charge in [-0.1, -0.05) is 55.2 Å². The van der Waals surface area contributed by atoms with E-state index in [1.807, 2.05) is 6.07 Å². The lowest BCUT2D eigenvalue weighted by molar-refractivity contribution is -0.385. The highest BCUT2D eigenvalue weighted by Crippen LogP contribution is 2.49. The zero-order valence-electron chi connectivity index (χ0n) is 20.3. The molecule has 1 saturated carbocycles. The standard InChI is InChI=1S/C25H29NO6S.CO2/c1-17-11-12-20-19(15-17)16-22(24(20)18-7-4-3-5-8-18)21-9-6-10-23(26(27)28)25(21)31-13-14-32-33(2,29)30;2-1-3/h6,9-12,15,18H,3-5,7-8,13-14,16H2,1-2H3;. The van der Waals surface area contributed by atoms with Gasteiger partial charge in [-0.3, -0.25) is 14.3 Å². The molecule has 0 aromatic heterocycles. The van der Waals surface area contributed by atoms with Crippen LogP contribution < -0.4 is 4.74 Å². The minimum atomic E-state index is -3.62. The first-order valence-electron chi connectivity index (χ1n) is 11.7. The summed E-state index contributed by atoms with van der Waals surface area (Å²) in [5.41, 5.74) is 6.59. The third-order valence-electron chi connectivity index (χ3n) is 6.40. The smallest absolute Gasteiger partial charge is 0.373 e. The molecule has 1 fully saturated rings. The summed E-state index contributed by atoms with van der Waals surface area (Å²) in [5.74, 6) is 0.589. The first kappa shape index (κ1) is 27.3. The van der Waals surface area contributed by atoms with Gasteiger partial charge in [0.2, 0.25) is 5.75 Å². The van der Waals surface area contributed by atoms with Crippen LogP contribution in [0.5, 0.6) is 5.75 Å².